The van der Waals surface area contributed by atoms with Gasteiger partial charge in [-0.25, -0.2) is 0 Å². The number of alkyl halides is 2. The first kappa shape index (κ1) is 15.9. The third kappa shape index (κ3) is 4.76. The molecule has 0 aliphatic heterocycles. The van der Waals surface area contributed by atoms with Crippen molar-refractivity contribution in [1.82, 2.24) is 4.90 Å². The maximum absolute atomic E-state index is 12.4. The molecule has 3 nitrogen and oxygen atoms in total. The Morgan fingerprint density at radius 3 is 2.42 bits per heavy atom. The second kappa shape index (κ2) is 7.40. The maximum atomic E-state index is 12.4. The van der Waals surface area contributed by atoms with E-state index < -0.39 is 6.61 Å². The molecule has 0 heterocycles. The summed E-state index contributed by atoms with van der Waals surface area (Å²) in [6.07, 6.45) is 0. The number of aliphatic hydroxyl groups excluding tert-OH is 1. The molecule has 0 spiro atoms. The van der Waals surface area contributed by atoms with Crippen LogP contribution in [0.4, 0.5) is 8.78 Å². The summed E-state index contributed by atoms with van der Waals surface area (Å²) in [4.78, 5) is 1.97. The van der Waals surface area contributed by atoms with E-state index >= 15 is 0 Å². The number of ether oxygens (including phenoxy) is 1. The minimum absolute atomic E-state index is 0.0454. The molecule has 1 rings (SSSR count). The molecule has 0 unspecified atom stereocenters. The molecule has 1 N–H and O–H groups in total. The SMILES string of the molecule is CCN(CCO)Cc1cc(C)c(C)cc1OC(F)F. The second-order valence-electron chi connectivity index (χ2n) is 4.52. The first-order chi connectivity index (χ1) is 8.97. The topological polar surface area (TPSA) is 32.7 Å². The van der Waals surface area contributed by atoms with E-state index in [1.54, 1.807) is 6.07 Å². The molecule has 108 valence electrons. The number of hydrogen-bond donors (Lipinski definition) is 1. The molecule has 0 atom stereocenters. The van der Waals surface area contributed by atoms with Crippen LogP contribution in [0.25, 0.3) is 0 Å². The fourth-order valence-electron chi connectivity index (χ4n) is 1.91. The lowest BCUT2D eigenvalue weighted by Crippen LogP contribution is -2.26. The zero-order valence-corrected chi connectivity index (χ0v) is 11.6. The summed E-state index contributed by atoms with van der Waals surface area (Å²) in [6.45, 7) is 4.72. The third-order valence-electron chi connectivity index (χ3n) is 3.15. The van der Waals surface area contributed by atoms with Gasteiger partial charge in [-0.05, 0) is 37.6 Å². The Balaban J connectivity index is 2.98. The standard InChI is InChI=1S/C14H21F2NO2/c1-4-17(5-6-18)9-12-7-10(2)11(3)8-13(12)19-14(15)16/h7-8,14,18H,4-6,9H2,1-3H3. The van der Waals surface area contributed by atoms with Crippen molar-refractivity contribution in [3.05, 3.63) is 28.8 Å². The van der Waals surface area contributed by atoms with Gasteiger partial charge in [-0.2, -0.15) is 8.78 Å². The Morgan fingerprint density at radius 2 is 1.89 bits per heavy atom. The number of nitrogens with zero attached hydrogens (tertiary/aromatic N) is 1. The van der Waals surface area contributed by atoms with Crippen LogP contribution in [-0.4, -0.2) is 36.3 Å². The van der Waals surface area contributed by atoms with Crippen LogP contribution in [0.3, 0.4) is 0 Å². The maximum Gasteiger partial charge on any atom is 0.387 e. The molecular weight excluding hydrogens is 252 g/mol. The van der Waals surface area contributed by atoms with E-state index in [0.717, 1.165) is 23.2 Å². The van der Waals surface area contributed by atoms with Gasteiger partial charge in [0.1, 0.15) is 5.75 Å². The molecule has 1 aromatic rings. The Morgan fingerprint density at radius 1 is 1.26 bits per heavy atom. The van der Waals surface area contributed by atoms with Crippen LogP contribution in [0.15, 0.2) is 12.1 Å². The molecule has 0 aliphatic rings. The van der Waals surface area contributed by atoms with Crippen molar-refractivity contribution in [2.45, 2.75) is 33.9 Å². The van der Waals surface area contributed by atoms with Gasteiger partial charge in [-0.1, -0.05) is 13.0 Å². The highest BCUT2D eigenvalue weighted by Gasteiger charge is 2.14. The summed E-state index contributed by atoms with van der Waals surface area (Å²) < 4.78 is 29.4. The lowest BCUT2D eigenvalue weighted by molar-refractivity contribution is -0.0508. The van der Waals surface area contributed by atoms with Crippen molar-refractivity contribution >= 4 is 0 Å². The highest BCUT2D eigenvalue weighted by Crippen LogP contribution is 2.26. The lowest BCUT2D eigenvalue weighted by Gasteiger charge is -2.21. The average Bonchev–Trinajstić information content (AvgIpc) is 2.34. The van der Waals surface area contributed by atoms with Gasteiger partial charge in [-0.15, -0.1) is 0 Å². The highest BCUT2D eigenvalue weighted by molar-refractivity contribution is 5.41. The van der Waals surface area contributed by atoms with Crippen LogP contribution in [0, 0.1) is 13.8 Å². The molecule has 0 amide bonds. The molecule has 0 saturated carbocycles. The summed E-state index contributed by atoms with van der Waals surface area (Å²) in [7, 11) is 0. The molecular formula is C14H21F2NO2. The molecule has 1 aromatic carbocycles. The average molecular weight is 273 g/mol. The van der Waals surface area contributed by atoms with Crippen LogP contribution >= 0.6 is 0 Å². The van der Waals surface area contributed by atoms with Crippen molar-refractivity contribution in [3.63, 3.8) is 0 Å². The Bertz CT molecular complexity index is 411. The van der Waals surface area contributed by atoms with E-state index in [1.165, 1.54) is 0 Å². The van der Waals surface area contributed by atoms with Gasteiger partial charge in [0, 0.05) is 18.7 Å². The zero-order chi connectivity index (χ0) is 14.4. The van der Waals surface area contributed by atoms with Gasteiger partial charge >= 0.3 is 6.61 Å². The van der Waals surface area contributed by atoms with Crippen molar-refractivity contribution in [3.8, 4) is 5.75 Å². The molecule has 0 aliphatic carbocycles. The van der Waals surface area contributed by atoms with Gasteiger partial charge in [0.25, 0.3) is 0 Å². The first-order valence-electron chi connectivity index (χ1n) is 6.36. The van der Waals surface area contributed by atoms with E-state index in [1.807, 2.05) is 31.7 Å². The van der Waals surface area contributed by atoms with Gasteiger partial charge < -0.3 is 9.84 Å². The zero-order valence-electron chi connectivity index (χ0n) is 11.6. The van der Waals surface area contributed by atoms with E-state index in [2.05, 4.69) is 4.74 Å². The third-order valence-corrected chi connectivity index (χ3v) is 3.15. The van der Waals surface area contributed by atoms with Crippen LogP contribution in [-0.2, 0) is 6.54 Å². The largest absolute Gasteiger partial charge is 0.434 e. The minimum atomic E-state index is -2.83. The van der Waals surface area contributed by atoms with Crippen molar-refractivity contribution < 1.29 is 18.6 Å². The fraction of sp³-hybridized carbons (Fsp3) is 0.571. The smallest absolute Gasteiger partial charge is 0.387 e. The molecule has 0 radical (unpaired) electrons. The van der Waals surface area contributed by atoms with Crippen LogP contribution in [0.1, 0.15) is 23.6 Å². The van der Waals surface area contributed by atoms with Crippen LogP contribution in [0.5, 0.6) is 5.75 Å². The van der Waals surface area contributed by atoms with E-state index in [4.69, 9.17) is 5.11 Å². The Labute approximate surface area is 112 Å². The van der Waals surface area contributed by atoms with E-state index in [0.29, 0.717) is 13.1 Å². The summed E-state index contributed by atoms with van der Waals surface area (Å²) in [5, 5.41) is 8.97. The molecule has 0 aromatic heterocycles. The quantitative estimate of drug-likeness (QED) is 0.829. The highest BCUT2D eigenvalue weighted by atomic mass is 19.3. The minimum Gasteiger partial charge on any atom is -0.434 e. The van der Waals surface area contributed by atoms with Crippen LogP contribution in [0.2, 0.25) is 0 Å². The number of aryl methyl sites for hydroxylation is 2. The van der Waals surface area contributed by atoms with Crippen molar-refractivity contribution in [2.24, 2.45) is 0 Å². The summed E-state index contributed by atoms with van der Waals surface area (Å²) in [5.74, 6) is 0.217. The molecule has 19 heavy (non-hydrogen) atoms. The normalized spacial score (nSPS) is 11.4. The predicted molar refractivity (Wildman–Crippen MR) is 70.6 cm³/mol. The van der Waals surface area contributed by atoms with Gasteiger partial charge in [0.15, 0.2) is 0 Å². The van der Waals surface area contributed by atoms with Gasteiger partial charge in [0.2, 0.25) is 0 Å². The molecule has 5 heteroatoms. The number of hydrogen-bond acceptors (Lipinski definition) is 3. The number of aliphatic hydroxyl groups is 1. The van der Waals surface area contributed by atoms with Gasteiger partial charge in [0.05, 0.1) is 6.61 Å². The summed E-state index contributed by atoms with van der Waals surface area (Å²) in [6, 6.07) is 3.51. The van der Waals surface area contributed by atoms with Crippen molar-refractivity contribution in [2.75, 3.05) is 19.7 Å². The van der Waals surface area contributed by atoms with E-state index in [-0.39, 0.29) is 12.4 Å². The van der Waals surface area contributed by atoms with Crippen molar-refractivity contribution in [1.29, 1.82) is 0 Å². The summed E-state index contributed by atoms with van der Waals surface area (Å²) >= 11 is 0. The number of rotatable bonds is 7. The predicted octanol–water partition coefficient (Wildman–Crippen LogP) is 2.72. The molecule has 0 fully saturated rings. The second-order valence-corrected chi connectivity index (χ2v) is 4.52. The molecule has 0 bridgehead atoms. The Hall–Kier alpha value is -1.20. The number of benzene rings is 1. The lowest BCUT2D eigenvalue weighted by atomic mass is 10.0. The van der Waals surface area contributed by atoms with Crippen LogP contribution < -0.4 is 4.74 Å². The van der Waals surface area contributed by atoms with Gasteiger partial charge in [-0.3, -0.25) is 4.90 Å². The first-order valence-corrected chi connectivity index (χ1v) is 6.36. The number of halogens is 2. The monoisotopic (exact) mass is 273 g/mol. The molecule has 0 saturated heterocycles. The fourth-order valence-corrected chi connectivity index (χ4v) is 1.91. The Kier molecular flexibility index (Phi) is 6.18. The summed E-state index contributed by atoms with van der Waals surface area (Å²) in [5.41, 5.74) is 2.68. The van der Waals surface area contributed by atoms with E-state index in [9.17, 15) is 8.78 Å². The number of likely N-dealkylation sites (N-methyl/N-ethyl adjacent to an activating group) is 1.